The highest BCUT2D eigenvalue weighted by Gasteiger charge is 2.52. The largest absolute Gasteiger partial charge is 0.309 e. The fourth-order valence-electron chi connectivity index (χ4n) is 8.37. The molecule has 0 bridgehead atoms. The molecule has 0 amide bonds. The lowest BCUT2D eigenvalue weighted by Crippen LogP contribution is -2.36. The minimum atomic E-state index is -0.534. The molecule has 2 heterocycles. The maximum atomic E-state index is 4.05. The maximum absolute atomic E-state index is 4.05. The molecule has 0 unspecified atom stereocenters. The first-order chi connectivity index (χ1) is 23.2. The second-order valence-electron chi connectivity index (χ2n) is 12.3. The van der Waals surface area contributed by atoms with Crippen LogP contribution in [0.25, 0.3) is 38.6 Å². The Morgan fingerprint density at radius 3 is 1.66 bits per heavy atom. The number of anilines is 3. The van der Waals surface area contributed by atoms with E-state index >= 15 is 0 Å². The van der Waals surface area contributed by atoms with Gasteiger partial charge in [-0.05, 0) is 114 Å². The van der Waals surface area contributed by atoms with Crippen LogP contribution in [-0.4, -0.2) is 4.57 Å². The molecule has 10 rings (SSSR count). The highest BCUT2D eigenvalue weighted by molar-refractivity contribution is 9.11. The molecule has 0 saturated heterocycles. The van der Waals surface area contributed by atoms with Crippen LogP contribution < -0.4 is 4.90 Å². The third-order valence-corrected chi connectivity index (χ3v) is 11.4. The Kier molecular flexibility index (Phi) is 5.82. The lowest BCUT2D eigenvalue weighted by molar-refractivity contribution is 0.750. The van der Waals surface area contributed by atoms with Crippen LogP contribution in [0.5, 0.6) is 0 Å². The van der Waals surface area contributed by atoms with E-state index in [9.17, 15) is 0 Å². The SMILES string of the molecule is Brc1ccccc1N1c2ccc(-n3c4ccccc4c4ccccc43)cc2C2(c3ccccc3-c3ccccc32)c2cccc(Br)c21. The van der Waals surface area contributed by atoms with Crippen LogP contribution in [0.15, 0.2) is 167 Å². The van der Waals surface area contributed by atoms with E-state index < -0.39 is 5.41 Å². The summed E-state index contributed by atoms with van der Waals surface area (Å²) in [4.78, 5) is 2.43. The third-order valence-electron chi connectivity index (χ3n) is 10.1. The van der Waals surface area contributed by atoms with E-state index in [0.717, 1.165) is 31.7 Å². The van der Waals surface area contributed by atoms with E-state index in [2.05, 4.69) is 199 Å². The van der Waals surface area contributed by atoms with Gasteiger partial charge in [-0.2, -0.15) is 0 Å². The molecule has 1 aliphatic heterocycles. The topological polar surface area (TPSA) is 8.17 Å². The van der Waals surface area contributed by atoms with Crippen LogP contribution in [0, 0.1) is 0 Å². The zero-order valence-electron chi connectivity index (χ0n) is 25.2. The van der Waals surface area contributed by atoms with Crippen LogP contribution in [0.2, 0.25) is 0 Å². The Bertz CT molecular complexity index is 2480. The van der Waals surface area contributed by atoms with Gasteiger partial charge < -0.3 is 9.47 Å². The Labute approximate surface area is 289 Å². The first kappa shape index (κ1) is 27.2. The monoisotopic (exact) mass is 728 g/mol. The first-order valence-electron chi connectivity index (χ1n) is 15.8. The van der Waals surface area contributed by atoms with Crippen molar-refractivity contribution in [1.82, 2.24) is 4.57 Å². The first-order valence-corrected chi connectivity index (χ1v) is 17.4. The van der Waals surface area contributed by atoms with Crippen LogP contribution in [0.1, 0.15) is 22.3 Å². The second kappa shape index (κ2) is 10.0. The molecule has 0 radical (unpaired) electrons. The van der Waals surface area contributed by atoms with E-state index in [1.54, 1.807) is 0 Å². The smallest absolute Gasteiger partial charge is 0.0755 e. The van der Waals surface area contributed by atoms with Gasteiger partial charge in [0.2, 0.25) is 0 Å². The molecule has 0 N–H and O–H groups in total. The zero-order chi connectivity index (χ0) is 31.3. The summed E-state index contributed by atoms with van der Waals surface area (Å²) in [7, 11) is 0. The summed E-state index contributed by atoms with van der Waals surface area (Å²) in [6, 6.07) is 57.8. The number of halogens is 2. The van der Waals surface area contributed by atoms with Gasteiger partial charge in [0, 0.05) is 25.4 Å². The van der Waals surface area contributed by atoms with Gasteiger partial charge in [-0.1, -0.05) is 109 Å². The van der Waals surface area contributed by atoms with Crippen molar-refractivity contribution in [1.29, 1.82) is 0 Å². The molecule has 0 atom stereocenters. The lowest BCUT2D eigenvalue weighted by Gasteiger charge is -2.45. The van der Waals surface area contributed by atoms with Gasteiger partial charge in [-0.15, -0.1) is 0 Å². The summed E-state index contributed by atoms with van der Waals surface area (Å²) in [5, 5.41) is 2.52. The highest BCUT2D eigenvalue weighted by atomic mass is 79.9. The van der Waals surface area contributed by atoms with Gasteiger partial charge in [0.1, 0.15) is 0 Å². The fraction of sp³-hybridized carbons (Fsp3) is 0.0233. The summed E-state index contributed by atoms with van der Waals surface area (Å²) in [6.07, 6.45) is 0. The lowest BCUT2D eigenvalue weighted by atomic mass is 9.64. The predicted octanol–water partition coefficient (Wildman–Crippen LogP) is 12.5. The highest BCUT2D eigenvalue weighted by Crippen LogP contribution is 2.64. The van der Waals surface area contributed by atoms with Gasteiger partial charge in [0.25, 0.3) is 0 Å². The Morgan fingerprint density at radius 2 is 0.979 bits per heavy atom. The van der Waals surface area contributed by atoms with Crippen molar-refractivity contribution in [3.05, 3.63) is 189 Å². The summed E-state index contributed by atoms with van der Waals surface area (Å²) >= 11 is 7.97. The summed E-state index contributed by atoms with van der Waals surface area (Å²) < 4.78 is 4.54. The number of benzene rings is 7. The predicted molar refractivity (Wildman–Crippen MR) is 202 cm³/mol. The van der Waals surface area contributed by atoms with E-state index in [4.69, 9.17) is 0 Å². The molecule has 7 aromatic carbocycles. The molecule has 8 aromatic rings. The number of rotatable bonds is 2. The molecular formula is C43H26Br2N2. The zero-order valence-corrected chi connectivity index (χ0v) is 28.3. The Balaban J connectivity index is 1.39. The number of hydrogen-bond acceptors (Lipinski definition) is 1. The molecular weight excluding hydrogens is 704 g/mol. The normalized spacial score (nSPS) is 13.9. The maximum Gasteiger partial charge on any atom is 0.0755 e. The second-order valence-corrected chi connectivity index (χ2v) is 14.0. The molecule has 1 aliphatic carbocycles. The van der Waals surface area contributed by atoms with Gasteiger partial charge in [-0.25, -0.2) is 0 Å². The molecule has 1 aromatic heterocycles. The van der Waals surface area contributed by atoms with E-state index in [0.29, 0.717) is 0 Å². The molecule has 0 fully saturated rings. The molecule has 1 spiro atoms. The molecule has 4 heteroatoms. The van der Waals surface area contributed by atoms with Crippen LogP contribution in [-0.2, 0) is 5.41 Å². The molecule has 222 valence electrons. The summed E-state index contributed by atoms with van der Waals surface area (Å²) in [5.74, 6) is 0. The van der Waals surface area contributed by atoms with Crippen molar-refractivity contribution in [2.24, 2.45) is 0 Å². The Morgan fingerprint density at radius 1 is 0.426 bits per heavy atom. The van der Waals surface area contributed by atoms with Crippen molar-refractivity contribution < 1.29 is 0 Å². The minimum absolute atomic E-state index is 0.534. The van der Waals surface area contributed by atoms with Crippen molar-refractivity contribution in [3.8, 4) is 16.8 Å². The quantitative estimate of drug-likeness (QED) is 0.172. The molecule has 47 heavy (non-hydrogen) atoms. The van der Waals surface area contributed by atoms with Crippen molar-refractivity contribution >= 4 is 70.7 Å². The number of fused-ring (bicyclic) bond motifs is 12. The average Bonchev–Trinajstić information content (AvgIpc) is 3.61. The summed E-state index contributed by atoms with van der Waals surface area (Å²) in [6.45, 7) is 0. The number of para-hydroxylation sites is 4. The Hall–Kier alpha value is -4.90. The summed E-state index contributed by atoms with van der Waals surface area (Å²) in [5.41, 5.74) is 14.2. The molecule has 2 aliphatic rings. The van der Waals surface area contributed by atoms with E-state index in [1.165, 1.54) is 55.2 Å². The number of aromatic nitrogens is 1. The molecule has 0 saturated carbocycles. The van der Waals surface area contributed by atoms with E-state index in [-0.39, 0.29) is 0 Å². The van der Waals surface area contributed by atoms with Gasteiger partial charge in [0.05, 0.1) is 33.5 Å². The van der Waals surface area contributed by atoms with Gasteiger partial charge >= 0.3 is 0 Å². The molecule has 2 nitrogen and oxygen atoms in total. The van der Waals surface area contributed by atoms with Crippen molar-refractivity contribution in [2.75, 3.05) is 4.90 Å². The van der Waals surface area contributed by atoms with Gasteiger partial charge in [0.15, 0.2) is 0 Å². The van der Waals surface area contributed by atoms with E-state index in [1.807, 2.05) is 0 Å². The van der Waals surface area contributed by atoms with Crippen LogP contribution in [0.4, 0.5) is 17.1 Å². The number of nitrogens with zero attached hydrogens (tertiary/aromatic N) is 2. The minimum Gasteiger partial charge on any atom is -0.309 e. The van der Waals surface area contributed by atoms with Crippen molar-refractivity contribution in [3.63, 3.8) is 0 Å². The average molecular weight is 731 g/mol. The van der Waals surface area contributed by atoms with Crippen LogP contribution in [0.3, 0.4) is 0 Å². The fourth-order valence-corrected chi connectivity index (χ4v) is 9.37. The van der Waals surface area contributed by atoms with Crippen LogP contribution >= 0.6 is 31.9 Å². The standard InChI is InChI=1S/C43H26Br2N2/c44-36-19-7-10-23-41(36)47-40-25-24-27(46-38-21-8-3-14-30(38)31-15-4-9-22-39(31)46)26-35(40)43(34-18-11-20-37(45)42(34)47)32-16-5-1-12-28(32)29-13-2-6-17-33(29)43/h1-26H. The third kappa shape index (κ3) is 3.55. The number of hydrogen-bond donors (Lipinski definition) is 0. The van der Waals surface area contributed by atoms with Crippen molar-refractivity contribution in [2.45, 2.75) is 5.41 Å². The van der Waals surface area contributed by atoms with Gasteiger partial charge in [-0.3, -0.25) is 0 Å².